The van der Waals surface area contributed by atoms with Crippen LogP contribution in [-0.2, 0) is 4.79 Å². The van der Waals surface area contributed by atoms with Crippen LogP contribution in [0.1, 0.15) is 33.1 Å². The lowest BCUT2D eigenvalue weighted by atomic mass is 9.85. The summed E-state index contributed by atoms with van der Waals surface area (Å²) in [7, 11) is 0. The van der Waals surface area contributed by atoms with E-state index >= 15 is 0 Å². The van der Waals surface area contributed by atoms with Crippen molar-refractivity contribution in [1.82, 2.24) is 5.32 Å². The van der Waals surface area contributed by atoms with Crippen LogP contribution in [0.3, 0.4) is 0 Å². The molecule has 0 bridgehead atoms. The zero-order valence-corrected chi connectivity index (χ0v) is 14.9. The minimum atomic E-state index is 0.0529. The largest absolute Gasteiger partial charge is 0.492 e. The summed E-state index contributed by atoms with van der Waals surface area (Å²) in [6, 6.07) is 5.67. The number of anilines is 1. The Morgan fingerprint density at radius 3 is 3.05 bits per heavy atom. The zero-order chi connectivity index (χ0) is 15.9. The Morgan fingerprint density at radius 2 is 2.36 bits per heavy atom. The van der Waals surface area contributed by atoms with E-state index in [9.17, 15) is 4.79 Å². The minimum Gasteiger partial charge on any atom is -0.492 e. The van der Waals surface area contributed by atoms with Crippen molar-refractivity contribution in [3.8, 4) is 5.75 Å². The van der Waals surface area contributed by atoms with Crippen molar-refractivity contribution in [3.05, 3.63) is 22.7 Å². The number of rotatable bonds is 6. The molecule has 2 unspecified atom stereocenters. The van der Waals surface area contributed by atoms with E-state index in [-0.39, 0.29) is 5.91 Å². The molecule has 0 saturated carbocycles. The second-order valence-corrected chi connectivity index (χ2v) is 6.83. The van der Waals surface area contributed by atoms with Crippen LogP contribution in [0.25, 0.3) is 0 Å². The first kappa shape index (κ1) is 17.3. The second-order valence-electron chi connectivity index (χ2n) is 5.91. The van der Waals surface area contributed by atoms with E-state index in [0.717, 1.165) is 23.2 Å². The molecule has 1 saturated heterocycles. The molecule has 2 atom stereocenters. The van der Waals surface area contributed by atoms with Crippen molar-refractivity contribution >= 4 is 27.5 Å². The van der Waals surface area contributed by atoms with Gasteiger partial charge in [0.2, 0.25) is 5.91 Å². The van der Waals surface area contributed by atoms with Gasteiger partial charge in [0.05, 0.1) is 12.3 Å². The van der Waals surface area contributed by atoms with Gasteiger partial charge in [0.1, 0.15) is 5.75 Å². The molecule has 4 nitrogen and oxygen atoms in total. The number of amides is 1. The molecule has 1 aliphatic heterocycles. The molecule has 0 aliphatic carbocycles. The molecule has 1 amide bonds. The number of ether oxygens (including phenoxy) is 1. The zero-order valence-electron chi connectivity index (χ0n) is 13.3. The lowest BCUT2D eigenvalue weighted by Gasteiger charge is -2.28. The van der Waals surface area contributed by atoms with Gasteiger partial charge in [-0.15, -0.1) is 0 Å². The van der Waals surface area contributed by atoms with E-state index in [1.807, 2.05) is 25.1 Å². The molecule has 5 heteroatoms. The predicted octanol–water partition coefficient (Wildman–Crippen LogP) is 3.81. The lowest BCUT2D eigenvalue weighted by Crippen LogP contribution is -2.34. The summed E-state index contributed by atoms with van der Waals surface area (Å²) in [4.78, 5) is 12.3. The Bertz CT molecular complexity index is 501. The van der Waals surface area contributed by atoms with Gasteiger partial charge in [-0.2, -0.15) is 0 Å². The number of carbonyl (C=O) groups is 1. The molecule has 1 aromatic carbocycles. The summed E-state index contributed by atoms with van der Waals surface area (Å²) in [5, 5.41) is 6.41. The first-order chi connectivity index (χ1) is 10.6. The SMILES string of the molecule is CCOc1ccc(Br)cc1NC(=O)CC(C)C1CCCNC1. The van der Waals surface area contributed by atoms with Crippen molar-refractivity contribution < 1.29 is 9.53 Å². The van der Waals surface area contributed by atoms with E-state index < -0.39 is 0 Å². The normalized spacial score (nSPS) is 19.5. The van der Waals surface area contributed by atoms with Crippen LogP contribution in [0.15, 0.2) is 22.7 Å². The molecule has 122 valence electrons. The third-order valence-electron chi connectivity index (χ3n) is 4.16. The monoisotopic (exact) mass is 368 g/mol. The molecular weight excluding hydrogens is 344 g/mol. The fourth-order valence-electron chi connectivity index (χ4n) is 2.91. The van der Waals surface area contributed by atoms with Gasteiger partial charge < -0.3 is 15.4 Å². The van der Waals surface area contributed by atoms with Crippen molar-refractivity contribution in [3.63, 3.8) is 0 Å². The van der Waals surface area contributed by atoms with Crippen LogP contribution in [-0.4, -0.2) is 25.6 Å². The smallest absolute Gasteiger partial charge is 0.224 e. The number of hydrogen-bond donors (Lipinski definition) is 2. The number of nitrogens with one attached hydrogen (secondary N) is 2. The van der Waals surface area contributed by atoms with E-state index in [0.29, 0.717) is 30.6 Å². The van der Waals surface area contributed by atoms with Gasteiger partial charge in [0, 0.05) is 10.9 Å². The van der Waals surface area contributed by atoms with Gasteiger partial charge >= 0.3 is 0 Å². The highest BCUT2D eigenvalue weighted by Gasteiger charge is 2.22. The first-order valence-electron chi connectivity index (χ1n) is 8.03. The fourth-order valence-corrected chi connectivity index (χ4v) is 3.27. The average molecular weight is 369 g/mol. The molecule has 2 rings (SSSR count). The highest BCUT2D eigenvalue weighted by Crippen LogP contribution is 2.29. The van der Waals surface area contributed by atoms with Crippen LogP contribution >= 0.6 is 15.9 Å². The molecule has 1 fully saturated rings. The second kappa shape index (κ2) is 8.53. The summed E-state index contributed by atoms with van der Waals surface area (Å²) in [5.74, 6) is 1.74. The van der Waals surface area contributed by atoms with Gasteiger partial charge in [-0.1, -0.05) is 22.9 Å². The van der Waals surface area contributed by atoms with Gasteiger partial charge in [-0.05, 0) is 62.9 Å². The van der Waals surface area contributed by atoms with Crippen LogP contribution in [0.4, 0.5) is 5.69 Å². The Hall–Kier alpha value is -1.07. The van der Waals surface area contributed by atoms with E-state index in [2.05, 4.69) is 33.5 Å². The van der Waals surface area contributed by atoms with Gasteiger partial charge in [0.15, 0.2) is 0 Å². The molecule has 0 radical (unpaired) electrons. The van der Waals surface area contributed by atoms with Crippen LogP contribution in [0.5, 0.6) is 5.75 Å². The Morgan fingerprint density at radius 1 is 1.55 bits per heavy atom. The molecule has 1 aliphatic rings. The number of piperidine rings is 1. The van der Waals surface area contributed by atoms with E-state index in [1.165, 1.54) is 12.8 Å². The Kier molecular flexibility index (Phi) is 6.70. The minimum absolute atomic E-state index is 0.0529. The molecule has 2 N–H and O–H groups in total. The Labute approximate surface area is 141 Å². The molecular formula is C17H25BrN2O2. The maximum atomic E-state index is 12.3. The van der Waals surface area contributed by atoms with Gasteiger partial charge in [-0.3, -0.25) is 4.79 Å². The molecule has 0 aromatic heterocycles. The first-order valence-corrected chi connectivity index (χ1v) is 8.82. The van der Waals surface area contributed by atoms with Crippen LogP contribution in [0, 0.1) is 11.8 Å². The van der Waals surface area contributed by atoms with Crippen molar-refractivity contribution in [2.45, 2.75) is 33.1 Å². The van der Waals surface area contributed by atoms with E-state index in [1.54, 1.807) is 0 Å². The maximum Gasteiger partial charge on any atom is 0.224 e. The average Bonchev–Trinajstić information content (AvgIpc) is 2.51. The third-order valence-corrected chi connectivity index (χ3v) is 4.66. The Balaban J connectivity index is 1.94. The fraction of sp³-hybridized carbons (Fsp3) is 0.588. The van der Waals surface area contributed by atoms with Crippen molar-refractivity contribution in [1.29, 1.82) is 0 Å². The summed E-state index contributed by atoms with van der Waals surface area (Å²) in [6.07, 6.45) is 2.96. The lowest BCUT2D eigenvalue weighted by molar-refractivity contribution is -0.117. The van der Waals surface area contributed by atoms with Gasteiger partial charge in [0.25, 0.3) is 0 Å². The number of carbonyl (C=O) groups excluding carboxylic acids is 1. The number of halogens is 1. The van der Waals surface area contributed by atoms with Crippen molar-refractivity contribution in [2.75, 3.05) is 25.0 Å². The summed E-state index contributed by atoms with van der Waals surface area (Å²) < 4.78 is 6.50. The van der Waals surface area contributed by atoms with Crippen LogP contribution in [0.2, 0.25) is 0 Å². The summed E-state index contributed by atoms with van der Waals surface area (Å²) in [6.45, 7) is 6.81. The number of benzene rings is 1. The standard InChI is InChI=1S/C17H25BrN2O2/c1-3-22-16-7-6-14(18)10-15(16)20-17(21)9-12(2)13-5-4-8-19-11-13/h6-7,10,12-13,19H,3-5,8-9,11H2,1-2H3,(H,20,21). The molecule has 22 heavy (non-hydrogen) atoms. The molecule has 1 aromatic rings. The molecule has 0 spiro atoms. The quantitative estimate of drug-likeness (QED) is 0.802. The van der Waals surface area contributed by atoms with Gasteiger partial charge in [-0.25, -0.2) is 0 Å². The maximum absolute atomic E-state index is 12.3. The highest BCUT2D eigenvalue weighted by molar-refractivity contribution is 9.10. The van der Waals surface area contributed by atoms with Crippen LogP contribution < -0.4 is 15.4 Å². The predicted molar refractivity (Wildman–Crippen MR) is 93.3 cm³/mol. The number of hydrogen-bond acceptors (Lipinski definition) is 3. The highest BCUT2D eigenvalue weighted by atomic mass is 79.9. The summed E-state index contributed by atoms with van der Waals surface area (Å²) >= 11 is 3.44. The summed E-state index contributed by atoms with van der Waals surface area (Å²) in [5.41, 5.74) is 0.732. The van der Waals surface area contributed by atoms with Crippen molar-refractivity contribution in [2.24, 2.45) is 11.8 Å². The van der Waals surface area contributed by atoms with E-state index in [4.69, 9.17) is 4.74 Å². The topological polar surface area (TPSA) is 50.4 Å². The third kappa shape index (κ3) is 4.99. The molecule has 1 heterocycles.